The fourth-order valence-corrected chi connectivity index (χ4v) is 3.44. The molecule has 2 aromatic carbocycles. The number of hydrogen-bond acceptors (Lipinski definition) is 3. The minimum absolute atomic E-state index is 0.263. The van der Waals surface area contributed by atoms with Crippen molar-refractivity contribution in [3.63, 3.8) is 0 Å². The average Bonchev–Trinajstić information content (AvgIpc) is 2.54. The Morgan fingerprint density at radius 2 is 1.65 bits per heavy atom. The van der Waals surface area contributed by atoms with E-state index in [0.717, 1.165) is 16.7 Å². The molecule has 122 valence electrons. The maximum absolute atomic E-state index is 13.3. The molecule has 0 aliphatic heterocycles. The van der Waals surface area contributed by atoms with Gasteiger partial charge in [0.05, 0.1) is 13.2 Å². The van der Waals surface area contributed by atoms with Gasteiger partial charge in [0.2, 0.25) is 0 Å². The fraction of sp³-hybridized carbons (Fsp3) is 0.222. The Hall–Kier alpha value is -1.74. The van der Waals surface area contributed by atoms with Gasteiger partial charge in [-0.15, -0.1) is 0 Å². The highest BCUT2D eigenvalue weighted by atomic mass is 31.2. The Morgan fingerprint density at radius 3 is 2.22 bits per heavy atom. The highest BCUT2D eigenvalue weighted by molar-refractivity contribution is 7.57. The molecule has 0 saturated carbocycles. The Kier molecular flexibility index (Phi) is 6.28. The van der Waals surface area contributed by atoms with Crippen LogP contribution < -0.4 is 0 Å². The molecule has 0 unspecified atom stereocenters. The van der Waals surface area contributed by atoms with Gasteiger partial charge in [-0.3, -0.25) is 4.57 Å². The quantitative estimate of drug-likeness (QED) is 0.607. The van der Waals surface area contributed by atoms with Crippen molar-refractivity contribution < 1.29 is 18.0 Å². The van der Waals surface area contributed by atoms with Crippen LogP contribution in [0.1, 0.15) is 19.4 Å². The third-order valence-electron chi connectivity index (χ3n) is 3.14. The van der Waals surface area contributed by atoms with Crippen molar-refractivity contribution in [3.8, 4) is 11.1 Å². The Balaban J connectivity index is 2.16. The molecule has 0 radical (unpaired) electrons. The molecule has 5 heteroatoms. The first-order chi connectivity index (χ1) is 11.1. The monoisotopic (exact) mass is 334 g/mol. The third kappa shape index (κ3) is 5.14. The maximum Gasteiger partial charge on any atom is 0.354 e. The Bertz CT molecular complexity index is 700. The SMILES string of the molecule is CCOP(=O)(C=Cc1ccc(-c2cccc(F)c2)cc1)OCC. The summed E-state index contributed by atoms with van der Waals surface area (Å²) >= 11 is 0. The van der Waals surface area contributed by atoms with Crippen LogP contribution in [-0.2, 0) is 13.6 Å². The molecule has 2 aromatic rings. The van der Waals surface area contributed by atoms with Crippen molar-refractivity contribution in [1.82, 2.24) is 0 Å². The van der Waals surface area contributed by atoms with Gasteiger partial charge in [0.1, 0.15) is 5.82 Å². The first-order valence-corrected chi connectivity index (χ1v) is 9.11. The van der Waals surface area contributed by atoms with Crippen molar-refractivity contribution in [3.05, 3.63) is 65.7 Å². The molecule has 0 aliphatic carbocycles. The molecule has 0 saturated heterocycles. The van der Waals surface area contributed by atoms with Crippen molar-refractivity contribution >= 4 is 13.7 Å². The summed E-state index contributed by atoms with van der Waals surface area (Å²) < 4.78 is 36.0. The predicted molar refractivity (Wildman–Crippen MR) is 91.7 cm³/mol. The van der Waals surface area contributed by atoms with Crippen LogP contribution in [-0.4, -0.2) is 13.2 Å². The second-order valence-electron chi connectivity index (χ2n) is 4.82. The molecule has 0 bridgehead atoms. The highest BCUT2D eigenvalue weighted by Crippen LogP contribution is 2.50. The average molecular weight is 334 g/mol. The summed E-state index contributed by atoms with van der Waals surface area (Å²) in [5.74, 6) is 1.21. The van der Waals surface area contributed by atoms with Crippen molar-refractivity contribution in [2.24, 2.45) is 0 Å². The molecule has 2 rings (SSSR count). The molecule has 0 atom stereocenters. The minimum atomic E-state index is -3.19. The van der Waals surface area contributed by atoms with E-state index in [1.807, 2.05) is 30.3 Å². The van der Waals surface area contributed by atoms with Crippen LogP contribution in [0.3, 0.4) is 0 Å². The van der Waals surface area contributed by atoms with Crippen LogP contribution in [0.2, 0.25) is 0 Å². The lowest BCUT2D eigenvalue weighted by molar-refractivity contribution is 0.229. The van der Waals surface area contributed by atoms with Crippen molar-refractivity contribution in [2.45, 2.75) is 13.8 Å². The van der Waals surface area contributed by atoms with E-state index in [1.54, 1.807) is 26.0 Å². The standard InChI is InChI=1S/C18H20FO3P/c1-3-21-23(20,22-4-2)13-12-15-8-10-16(11-9-15)17-6-5-7-18(19)14-17/h5-14H,3-4H2,1-2H3. The van der Waals surface area contributed by atoms with Crippen LogP contribution in [0.15, 0.2) is 54.3 Å². The second-order valence-corrected chi connectivity index (χ2v) is 6.72. The molecule has 0 spiro atoms. The summed E-state index contributed by atoms with van der Waals surface area (Å²) in [5, 5.41) is 0. The largest absolute Gasteiger partial charge is 0.354 e. The van der Waals surface area contributed by atoms with E-state index >= 15 is 0 Å². The van der Waals surface area contributed by atoms with Crippen molar-refractivity contribution in [2.75, 3.05) is 13.2 Å². The van der Waals surface area contributed by atoms with E-state index in [0.29, 0.717) is 13.2 Å². The molecule has 0 amide bonds. The van der Waals surface area contributed by atoms with E-state index in [4.69, 9.17) is 9.05 Å². The molecule has 23 heavy (non-hydrogen) atoms. The predicted octanol–water partition coefficient (Wildman–Crippen LogP) is 5.73. The van der Waals surface area contributed by atoms with Crippen LogP contribution in [0, 0.1) is 5.82 Å². The summed E-state index contributed by atoms with van der Waals surface area (Å²) in [7, 11) is -3.19. The number of halogens is 1. The molecule has 0 fully saturated rings. The Morgan fingerprint density at radius 1 is 1.00 bits per heavy atom. The van der Waals surface area contributed by atoms with Gasteiger partial charge in [0.25, 0.3) is 0 Å². The lowest BCUT2D eigenvalue weighted by Crippen LogP contribution is -1.92. The van der Waals surface area contributed by atoms with Gasteiger partial charge in [0, 0.05) is 5.82 Å². The van der Waals surface area contributed by atoms with Crippen LogP contribution in [0.25, 0.3) is 17.2 Å². The molecule has 0 aliphatic rings. The summed E-state index contributed by atoms with van der Waals surface area (Å²) in [6.45, 7) is 4.18. The molecule has 0 aromatic heterocycles. The molecule has 0 heterocycles. The van der Waals surface area contributed by atoms with Crippen LogP contribution in [0.5, 0.6) is 0 Å². The van der Waals surface area contributed by atoms with Crippen molar-refractivity contribution in [1.29, 1.82) is 0 Å². The highest BCUT2D eigenvalue weighted by Gasteiger charge is 2.18. The number of benzene rings is 2. The van der Waals surface area contributed by atoms with Gasteiger partial charge in [-0.1, -0.05) is 36.4 Å². The maximum atomic E-state index is 13.3. The molecular weight excluding hydrogens is 314 g/mol. The lowest BCUT2D eigenvalue weighted by Gasteiger charge is -2.12. The Labute approximate surface area is 136 Å². The van der Waals surface area contributed by atoms with Gasteiger partial charge < -0.3 is 9.05 Å². The van der Waals surface area contributed by atoms with E-state index in [-0.39, 0.29) is 5.82 Å². The summed E-state index contributed by atoms with van der Waals surface area (Å²) in [5.41, 5.74) is 2.60. The van der Waals surface area contributed by atoms with Gasteiger partial charge >= 0.3 is 7.60 Å². The van der Waals surface area contributed by atoms with E-state index in [9.17, 15) is 8.96 Å². The smallest absolute Gasteiger partial charge is 0.306 e. The first kappa shape index (κ1) is 17.6. The summed E-state index contributed by atoms with van der Waals surface area (Å²) in [4.78, 5) is 0. The van der Waals surface area contributed by atoms with Gasteiger partial charge in [-0.25, -0.2) is 4.39 Å². The first-order valence-electron chi connectivity index (χ1n) is 7.50. The summed E-state index contributed by atoms with van der Waals surface area (Å²) in [6, 6.07) is 14.0. The van der Waals surface area contributed by atoms with Crippen LogP contribution in [0.4, 0.5) is 4.39 Å². The molecular formula is C18H20FO3P. The van der Waals surface area contributed by atoms with Gasteiger partial charge in [-0.05, 0) is 48.7 Å². The van der Waals surface area contributed by atoms with Crippen LogP contribution >= 0.6 is 7.60 Å². The zero-order chi connectivity index (χ0) is 16.7. The second kappa shape index (κ2) is 8.21. The summed E-state index contributed by atoms with van der Waals surface area (Å²) in [6.07, 6.45) is 1.71. The molecule has 0 N–H and O–H groups in total. The fourth-order valence-electron chi connectivity index (χ4n) is 2.12. The zero-order valence-corrected chi connectivity index (χ0v) is 14.1. The molecule has 3 nitrogen and oxygen atoms in total. The van der Waals surface area contributed by atoms with E-state index in [1.165, 1.54) is 17.9 Å². The minimum Gasteiger partial charge on any atom is -0.306 e. The topological polar surface area (TPSA) is 35.5 Å². The van der Waals surface area contributed by atoms with Gasteiger partial charge in [-0.2, -0.15) is 0 Å². The van der Waals surface area contributed by atoms with E-state index in [2.05, 4.69) is 0 Å². The lowest BCUT2D eigenvalue weighted by atomic mass is 10.0. The van der Waals surface area contributed by atoms with E-state index < -0.39 is 7.60 Å². The van der Waals surface area contributed by atoms with Gasteiger partial charge in [0.15, 0.2) is 0 Å². The number of rotatable bonds is 7. The normalized spacial score (nSPS) is 12.0. The number of hydrogen-bond donors (Lipinski definition) is 0. The zero-order valence-electron chi connectivity index (χ0n) is 13.2. The third-order valence-corrected chi connectivity index (χ3v) is 4.89.